The van der Waals surface area contributed by atoms with Gasteiger partial charge in [0, 0.05) is 34.6 Å². The van der Waals surface area contributed by atoms with Gasteiger partial charge in [0.1, 0.15) is 0 Å². The zero-order chi connectivity index (χ0) is 24.1. The molecule has 4 aromatic rings. The van der Waals surface area contributed by atoms with Crippen LogP contribution in [0.5, 0.6) is 0 Å². The van der Waals surface area contributed by atoms with Gasteiger partial charge in [-0.1, -0.05) is 48.0 Å². The second kappa shape index (κ2) is 10.1. The molecule has 1 aromatic heterocycles. The molecule has 0 atom stereocenters. The van der Waals surface area contributed by atoms with Crippen LogP contribution in [0.2, 0.25) is 5.02 Å². The highest BCUT2D eigenvalue weighted by atomic mass is 35.5. The largest absolute Gasteiger partial charge is 0.321 e. The maximum atomic E-state index is 13.2. The molecule has 0 saturated heterocycles. The number of nitrogens with zero attached hydrogens (tertiary/aromatic N) is 2. The Morgan fingerprint density at radius 2 is 1.47 bits per heavy atom. The number of anilines is 2. The van der Waals surface area contributed by atoms with Crippen molar-refractivity contribution in [2.24, 2.45) is 0 Å². The standard InChI is InChI=1S/C26H21ClN4O3/c1-2-31-16-22(23(30-31)26(34)28-19-8-4-3-5-9-19)29-25(33)21-11-7-6-10-20(21)24(32)17-12-14-18(27)15-13-17/h3-16H,2H2,1H3,(H,28,34)(H,29,33). The van der Waals surface area contributed by atoms with Gasteiger partial charge in [-0.15, -0.1) is 0 Å². The number of aromatic nitrogens is 2. The minimum absolute atomic E-state index is 0.0700. The Bertz CT molecular complexity index is 1350. The third-order valence-corrected chi connectivity index (χ3v) is 5.36. The van der Waals surface area contributed by atoms with Crippen LogP contribution < -0.4 is 10.6 Å². The topological polar surface area (TPSA) is 93.1 Å². The summed E-state index contributed by atoms with van der Waals surface area (Å²) in [5.41, 5.74) is 1.75. The van der Waals surface area contributed by atoms with E-state index >= 15 is 0 Å². The fourth-order valence-corrected chi connectivity index (χ4v) is 3.51. The number of benzene rings is 3. The fraction of sp³-hybridized carbons (Fsp3) is 0.0769. The van der Waals surface area contributed by atoms with Crippen molar-refractivity contribution in [1.29, 1.82) is 0 Å². The Labute approximate surface area is 201 Å². The molecule has 8 heteroatoms. The van der Waals surface area contributed by atoms with Crippen molar-refractivity contribution in [3.05, 3.63) is 112 Å². The fourth-order valence-electron chi connectivity index (χ4n) is 3.38. The molecule has 0 unspecified atom stereocenters. The summed E-state index contributed by atoms with van der Waals surface area (Å²) in [6.07, 6.45) is 1.58. The summed E-state index contributed by atoms with van der Waals surface area (Å²) in [7, 11) is 0. The number of aryl methyl sites for hydroxylation is 1. The quantitative estimate of drug-likeness (QED) is 0.357. The summed E-state index contributed by atoms with van der Waals surface area (Å²) >= 11 is 5.92. The van der Waals surface area contributed by atoms with Crippen LogP contribution >= 0.6 is 11.6 Å². The van der Waals surface area contributed by atoms with Crippen LogP contribution in [-0.4, -0.2) is 27.4 Å². The molecule has 3 aromatic carbocycles. The van der Waals surface area contributed by atoms with Crippen molar-refractivity contribution < 1.29 is 14.4 Å². The van der Waals surface area contributed by atoms with Gasteiger partial charge in [-0.25, -0.2) is 0 Å². The molecular formula is C26H21ClN4O3. The van der Waals surface area contributed by atoms with Crippen molar-refractivity contribution in [3.63, 3.8) is 0 Å². The summed E-state index contributed by atoms with van der Waals surface area (Å²) in [5, 5.41) is 10.3. The molecule has 0 aliphatic rings. The molecule has 2 N–H and O–H groups in total. The minimum Gasteiger partial charge on any atom is -0.321 e. The average Bonchev–Trinajstić information content (AvgIpc) is 3.27. The van der Waals surface area contributed by atoms with Gasteiger partial charge in [-0.05, 0) is 49.4 Å². The lowest BCUT2D eigenvalue weighted by Gasteiger charge is -2.10. The van der Waals surface area contributed by atoms with Crippen LogP contribution in [0.4, 0.5) is 11.4 Å². The SMILES string of the molecule is CCn1cc(NC(=O)c2ccccc2C(=O)c2ccc(Cl)cc2)c(C(=O)Nc2ccccc2)n1. The minimum atomic E-state index is -0.526. The first-order valence-electron chi connectivity index (χ1n) is 10.6. The predicted octanol–water partition coefficient (Wildman–Crippen LogP) is 5.29. The van der Waals surface area contributed by atoms with Crippen LogP contribution in [0, 0.1) is 0 Å². The first kappa shape index (κ1) is 22.9. The van der Waals surface area contributed by atoms with Crippen molar-refractivity contribution >= 4 is 40.6 Å². The Morgan fingerprint density at radius 1 is 0.824 bits per heavy atom. The van der Waals surface area contributed by atoms with E-state index in [0.717, 1.165) is 0 Å². The molecule has 2 amide bonds. The Hall–Kier alpha value is -4.23. The number of para-hydroxylation sites is 1. The Balaban J connectivity index is 1.61. The number of carbonyl (C=O) groups excluding carboxylic acids is 3. The molecule has 0 aliphatic carbocycles. The lowest BCUT2D eigenvalue weighted by molar-refractivity contribution is 0.0995. The average molecular weight is 473 g/mol. The summed E-state index contributed by atoms with van der Waals surface area (Å²) < 4.78 is 1.56. The molecule has 0 spiro atoms. The molecule has 34 heavy (non-hydrogen) atoms. The molecule has 0 radical (unpaired) electrons. The van der Waals surface area contributed by atoms with E-state index in [1.54, 1.807) is 83.7 Å². The second-order valence-corrected chi connectivity index (χ2v) is 7.84. The third-order valence-electron chi connectivity index (χ3n) is 5.10. The van der Waals surface area contributed by atoms with Gasteiger partial charge in [0.15, 0.2) is 11.5 Å². The van der Waals surface area contributed by atoms with Crippen molar-refractivity contribution in [3.8, 4) is 0 Å². The number of hydrogen-bond acceptors (Lipinski definition) is 4. The van der Waals surface area contributed by atoms with E-state index in [2.05, 4.69) is 15.7 Å². The van der Waals surface area contributed by atoms with Gasteiger partial charge >= 0.3 is 0 Å². The number of nitrogens with one attached hydrogen (secondary N) is 2. The zero-order valence-electron chi connectivity index (χ0n) is 18.3. The number of halogens is 1. The van der Waals surface area contributed by atoms with E-state index in [0.29, 0.717) is 22.8 Å². The molecule has 0 saturated carbocycles. The Morgan fingerprint density at radius 3 is 2.15 bits per heavy atom. The monoisotopic (exact) mass is 472 g/mol. The number of carbonyl (C=O) groups is 3. The van der Waals surface area contributed by atoms with Crippen LogP contribution in [-0.2, 0) is 6.54 Å². The van der Waals surface area contributed by atoms with Gasteiger partial charge in [0.2, 0.25) is 0 Å². The van der Waals surface area contributed by atoms with Crippen LogP contribution in [0.1, 0.15) is 43.7 Å². The van der Waals surface area contributed by atoms with E-state index in [1.807, 2.05) is 13.0 Å². The number of rotatable bonds is 7. The third kappa shape index (κ3) is 5.05. The molecule has 0 bridgehead atoms. The molecule has 170 valence electrons. The van der Waals surface area contributed by atoms with Gasteiger partial charge < -0.3 is 10.6 Å². The normalized spacial score (nSPS) is 10.5. The van der Waals surface area contributed by atoms with Gasteiger partial charge in [-0.2, -0.15) is 5.10 Å². The number of amides is 2. The number of hydrogen-bond donors (Lipinski definition) is 2. The summed E-state index contributed by atoms with van der Waals surface area (Å²) in [6.45, 7) is 2.38. The summed E-state index contributed by atoms with van der Waals surface area (Å²) in [5.74, 6) is -1.30. The highest BCUT2D eigenvalue weighted by Crippen LogP contribution is 2.21. The van der Waals surface area contributed by atoms with E-state index in [-0.39, 0.29) is 28.3 Å². The molecule has 0 aliphatic heterocycles. The molecule has 0 fully saturated rings. The van der Waals surface area contributed by atoms with Gasteiger partial charge in [0.05, 0.1) is 11.3 Å². The van der Waals surface area contributed by atoms with Crippen LogP contribution in [0.15, 0.2) is 85.1 Å². The van der Waals surface area contributed by atoms with Crippen LogP contribution in [0.25, 0.3) is 0 Å². The summed E-state index contributed by atoms with van der Waals surface area (Å²) in [6, 6.07) is 21.9. The smallest absolute Gasteiger partial charge is 0.278 e. The first-order valence-corrected chi connectivity index (χ1v) is 11.0. The summed E-state index contributed by atoms with van der Waals surface area (Å²) in [4.78, 5) is 39.1. The number of ketones is 1. The maximum Gasteiger partial charge on any atom is 0.278 e. The predicted molar refractivity (Wildman–Crippen MR) is 132 cm³/mol. The van der Waals surface area contributed by atoms with Crippen molar-refractivity contribution in [2.75, 3.05) is 10.6 Å². The highest BCUT2D eigenvalue weighted by Gasteiger charge is 2.22. The Kier molecular flexibility index (Phi) is 6.85. The molecule has 4 rings (SSSR count). The first-order chi connectivity index (χ1) is 16.5. The highest BCUT2D eigenvalue weighted by molar-refractivity contribution is 6.30. The van der Waals surface area contributed by atoms with Crippen molar-refractivity contribution in [1.82, 2.24) is 9.78 Å². The van der Waals surface area contributed by atoms with Crippen LogP contribution in [0.3, 0.4) is 0 Å². The maximum absolute atomic E-state index is 13.2. The zero-order valence-corrected chi connectivity index (χ0v) is 19.0. The molecule has 1 heterocycles. The lowest BCUT2D eigenvalue weighted by Crippen LogP contribution is -2.20. The van der Waals surface area contributed by atoms with Gasteiger partial charge in [0.25, 0.3) is 11.8 Å². The van der Waals surface area contributed by atoms with Gasteiger partial charge in [-0.3, -0.25) is 19.1 Å². The molecule has 7 nitrogen and oxygen atoms in total. The van der Waals surface area contributed by atoms with E-state index in [9.17, 15) is 14.4 Å². The lowest BCUT2D eigenvalue weighted by atomic mass is 9.98. The molecular weight excluding hydrogens is 452 g/mol. The van der Waals surface area contributed by atoms with E-state index in [1.165, 1.54) is 0 Å². The second-order valence-electron chi connectivity index (χ2n) is 7.40. The van der Waals surface area contributed by atoms with E-state index < -0.39 is 11.8 Å². The van der Waals surface area contributed by atoms with Crippen molar-refractivity contribution in [2.45, 2.75) is 13.5 Å². The van der Waals surface area contributed by atoms with E-state index in [4.69, 9.17) is 11.6 Å².